The fourth-order valence-corrected chi connectivity index (χ4v) is 10.5. The van der Waals surface area contributed by atoms with Crippen LogP contribution in [0.3, 0.4) is 0 Å². The molecule has 0 aliphatic heterocycles. The molecule has 2 atom stereocenters. The van der Waals surface area contributed by atoms with Crippen molar-refractivity contribution in [3.63, 3.8) is 0 Å². The Morgan fingerprint density at radius 1 is 1.08 bits per heavy atom. The summed E-state index contributed by atoms with van der Waals surface area (Å²) in [7, 11) is -1.89. The minimum Gasteiger partial charge on any atom is -0.410 e. The van der Waals surface area contributed by atoms with Crippen LogP contribution in [-0.4, -0.2) is 30.0 Å². The smallest absolute Gasteiger partial charge is 0.200 e. The van der Waals surface area contributed by atoms with Crippen LogP contribution in [0.4, 0.5) is 0 Å². The lowest BCUT2D eigenvalue weighted by atomic mass is 9.79. The Bertz CT molecular complexity index is 541. The highest BCUT2D eigenvalue weighted by atomic mass is 28.4. The first-order chi connectivity index (χ1) is 12.3. The van der Waals surface area contributed by atoms with Gasteiger partial charge in [-0.2, -0.15) is 0 Å². The van der Waals surface area contributed by atoms with E-state index < -0.39 is 8.32 Å². The van der Waals surface area contributed by atoms with Crippen LogP contribution in [0.2, 0.25) is 16.6 Å². The van der Waals surface area contributed by atoms with Crippen molar-refractivity contribution in [2.45, 2.75) is 96.4 Å². The molecule has 0 amide bonds. The molecule has 1 N–H and O–H groups in total. The normalized spacial score (nSPS) is 21.8. The molecular weight excluding hydrogens is 340 g/mol. The van der Waals surface area contributed by atoms with E-state index in [0.717, 1.165) is 24.4 Å². The standard InChI is InChI=1S/C21H38N2O2Si/c1-15(2)26(16(3)4,17(5)6)25-14-19-11-12-22-21(23-19)20-10-8-7-9-18(20)13-24/h11-12,15-18,20,24H,7-10,13-14H2,1-6H3/t18-,20+/m1/s1. The fraction of sp³-hybridized carbons (Fsp3) is 0.810. The van der Waals surface area contributed by atoms with E-state index in [9.17, 15) is 5.11 Å². The summed E-state index contributed by atoms with van der Waals surface area (Å²) in [5, 5.41) is 9.71. The molecule has 4 nitrogen and oxygen atoms in total. The van der Waals surface area contributed by atoms with Crippen molar-refractivity contribution in [1.29, 1.82) is 0 Å². The summed E-state index contributed by atoms with van der Waals surface area (Å²) in [6.45, 7) is 14.7. The molecule has 1 aromatic heterocycles. The topological polar surface area (TPSA) is 55.2 Å². The molecule has 0 radical (unpaired) electrons. The average molecular weight is 379 g/mol. The van der Waals surface area contributed by atoms with E-state index >= 15 is 0 Å². The largest absolute Gasteiger partial charge is 0.410 e. The summed E-state index contributed by atoms with van der Waals surface area (Å²) in [4.78, 5) is 9.40. The zero-order valence-electron chi connectivity index (χ0n) is 17.5. The van der Waals surface area contributed by atoms with E-state index in [2.05, 4.69) is 46.5 Å². The average Bonchev–Trinajstić information content (AvgIpc) is 2.61. The second kappa shape index (κ2) is 9.42. The van der Waals surface area contributed by atoms with Crippen molar-refractivity contribution in [1.82, 2.24) is 9.97 Å². The minimum atomic E-state index is -1.89. The molecule has 1 aliphatic carbocycles. The van der Waals surface area contributed by atoms with Crippen molar-refractivity contribution in [2.24, 2.45) is 5.92 Å². The van der Waals surface area contributed by atoms with E-state index in [1.807, 2.05) is 12.3 Å². The molecule has 0 bridgehead atoms. The molecule has 1 aliphatic rings. The van der Waals surface area contributed by atoms with Crippen LogP contribution in [0, 0.1) is 5.92 Å². The molecule has 0 spiro atoms. The predicted octanol–water partition coefficient (Wildman–Crippen LogP) is 5.43. The van der Waals surface area contributed by atoms with Gasteiger partial charge in [0.25, 0.3) is 0 Å². The van der Waals surface area contributed by atoms with Gasteiger partial charge in [-0.25, -0.2) is 9.97 Å². The molecule has 1 saturated carbocycles. The number of aliphatic hydroxyl groups is 1. The van der Waals surface area contributed by atoms with Crippen LogP contribution in [0.5, 0.6) is 0 Å². The van der Waals surface area contributed by atoms with Crippen molar-refractivity contribution in [3.8, 4) is 0 Å². The molecular formula is C21H38N2O2Si. The van der Waals surface area contributed by atoms with E-state index in [1.54, 1.807) is 0 Å². The third-order valence-corrected chi connectivity index (χ3v) is 12.4. The maximum absolute atomic E-state index is 9.71. The second-order valence-electron chi connectivity index (χ2n) is 8.85. The molecule has 26 heavy (non-hydrogen) atoms. The number of nitrogens with zero attached hydrogens (tertiary/aromatic N) is 2. The summed E-state index contributed by atoms with van der Waals surface area (Å²) in [6.07, 6.45) is 6.44. The van der Waals surface area contributed by atoms with Crippen LogP contribution in [0.15, 0.2) is 12.3 Å². The van der Waals surface area contributed by atoms with Gasteiger partial charge < -0.3 is 9.53 Å². The molecule has 0 aromatic carbocycles. The lowest BCUT2D eigenvalue weighted by Crippen LogP contribution is -2.47. The monoisotopic (exact) mass is 378 g/mol. The maximum atomic E-state index is 9.71. The van der Waals surface area contributed by atoms with Gasteiger partial charge in [0.2, 0.25) is 8.32 Å². The number of aliphatic hydroxyl groups excluding tert-OH is 1. The number of hydrogen-bond donors (Lipinski definition) is 1. The first-order valence-electron chi connectivity index (χ1n) is 10.4. The summed E-state index contributed by atoms with van der Waals surface area (Å²) in [6, 6.07) is 1.99. The quantitative estimate of drug-likeness (QED) is 0.612. The Hall–Kier alpha value is -0.783. The first kappa shape index (κ1) is 21.5. The lowest BCUT2D eigenvalue weighted by molar-refractivity contribution is 0.165. The second-order valence-corrected chi connectivity index (χ2v) is 14.3. The highest BCUT2D eigenvalue weighted by molar-refractivity contribution is 6.77. The molecule has 5 heteroatoms. The maximum Gasteiger partial charge on any atom is 0.200 e. The first-order valence-corrected chi connectivity index (χ1v) is 12.5. The number of aromatic nitrogens is 2. The number of rotatable bonds is 8. The SMILES string of the molecule is CC(C)[Si](OCc1ccnc([C@H]2CCCC[C@@H]2CO)n1)(C(C)C)C(C)C. The third-order valence-electron chi connectivity index (χ3n) is 6.38. The number of hydrogen-bond acceptors (Lipinski definition) is 4. The fourth-order valence-electron chi connectivity index (χ4n) is 5.14. The summed E-state index contributed by atoms with van der Waals surface area (Å²) in [5.74, 6) is 1.49. The van der Waals surface area contributed by atoms with Gasteiger partial charge >= 0.3 is 0 Å². The Morgan fingerprint density at radius 3 is 2.27 bits per heavy atom. The van der Waals surface area contributed by atoms with Crippen LogP contribution in [0.1, 0.15) is 84.7 Å². The molecule has 2 rings (SSSR count). The van der Waals surface area contributed by atoms with E-state index in [4.69, 9.17) is 9.41 Å². The van der Waals surface area contributed by atoms with Crippen LogP contribution in [0.25, 0.3) is 0 Å². The van der Waals surface area contributed by atoms with Gasteiger partial charge in [0.05, 0.1) is 12.3 Å². The van der Waals surface area contributed by atoms with Gasteiger partial charge in [-0.1, -0.05) is 54.4 Å². The van der Waals surface area contributed by atoms with Crippen molar-refractivity contribution >= 4 is 8.32 Å². The van der Waals surface area contributed by atoms with Gasteiger partial charge in [-0.3, -0.25) is 0 Å². The Balaban J connectivity index is 2.17. The Kier molecular flexibility index (Phi) is 7.80. The van der Waals surface area contributed by atoms with Gasteiger partial charge in [0.15, 0.2) is 0 Å². The van der Waals surface area contributed by atoms with Crippen LogP contribution >= 0.6 is 0 Å². The third kappa shape index (κ3) is 4.54. The molecule has 1 aromatic rings. The Morgan fingerprint density at radius 2 is 1.69 bits per heavy atom. The summed E-state index contributed by atoms with van der Waals surface area (Å²) < 4.78 is 6.69. The van der Waals surface area contributed by atoms with Gasteiger partial charge in [-0.05, 0) is 41.4 Å². The zero-order valence-corrected chi connectivity index (χ0v) is 18.5. The van der Waals surface area contributed by atoms with Crippen molar-refractivity contribution in [2.75, 3.05) is 6.61 Å². The van der Waals surface area contributed by atoms with Gasteiger partial charge in [-0.15, -0.1) is 0 Å². The lowest BCUT2D eigenvalue weighted by Gasteiger charge is -2.42. The van der Waals surface area contributed by atoms with Crippen LogP contribution in [-0.2, 0) is 11.0 Å². The summed E-state index contributed by atoms with van der Waals surface area (Å²) in [5.41, 5.74) is 2.69. The summed E-state index contributed by atoms with van der Waals surface area (Å²) >= 11 is 0. The van der Waals surface area contributed by atoms with Crippen molar-refractivity contribution in [3.05, 3.63) is 23.8 Å². The minimum absolute atomic E-state index is 0.235. The van der Waals surface area contributed by atoms with Gasteiger partial charge in [0, 0.05) is 18.7 Å². The van der Waals surface area contributed by atoms with Crippen molar-refractivity contribution < 1.29 is 9.53 Å². The molecule has 0 saturated heterocycles. The molecule has 1 heterocycles. The highest BCUT2D eigenvalue weighted by Crippen LogP contribution is 2.42. The molecule has 1 fully saturated rings. The van der Waals surface area contributed by atoms with Crippen LogP contribution < -0.4 is 0 Å². The predicted molar refractivity (Wildman–Crippen MR) is 110 cm³/mol. The van der Waals surface area contributed by atoms with E-state index in [-0.39, 0.29) is 12.5 Å². The molecule has 0 unspecified atom stereocenters. The van der Waals surface area contributed by atoms with E-state index in [0.29, 0.717) is 29.1 Å². The zero-order chi connectivity index (χ0) is 19.3. The highest BCUT2D eigenvalue weighted by Gasteiger charge is 2.45. The Labute approximate surface area is 160 Å². The van der Waals surface area contributed by atoms with E-state index in [1.165, 1.54) is 12.8 Å². The molecule has 148 valence electrons. The van der Waals surface area contributed by atoms with Gasteiger partial charge in [0.1, 0.15) is 5.82 Å².